The summed E-state index contributed by atoms with van der Waals surface area (Å²) in [6.45, 7) is 4.81. The third-order valence-corrected chi connectivity index (χ3v) is 3.37. The Morgan fingerprint density at radius 1 is 1.29 bits per heavy atom. The Hall–Kier alpha value is -1.22. The van der Waals surface area contributed by atoms with Gasteiger partial charge in [0, 0.05) is 24.5 Å². The molecule has 17 heavy (non-hydrogen) atoms. The Kier molecular flexibility index (Phi) is 4.26. The molecule has 1 fully saturated rings. The van der Waals surface area contributed by atoms with Crippen molar-refractivity contribution in [1.29, 1.82) is 0 Å². The van der Waals surface area contributed by atoms with E-state index in [-0.39, 0.29) is 0 Å². The highest BCUT2D eigenvalue weighted by atomic mass is 16.5. The van der Waals surface area contributed by atoms with Crippen LogP contribution < -0.4 is 10.6 Å². The second kappa shape index (κ2) is 5.92. The quantitative estimate of drug-likeness (QED) is 0.814. The van der Waals surface area contributed by atoms with Crippen LogP contribution in [0.5, 0.6) is 0 Å². The van der Waals surface area contributed by atoms with Crippen LogP contribution in [0.25, 0.3) is 0 Å². The molecule has 1 heterocycles. The number of nitrogens with two attached hydrogens (primary N) is 1. The van der Waals surface area contributed by atoms with Crippen molar-refractivity contribution in [2.24, 2.45) is 0 Å². The maximum absolute atomic E-state index is 5.73. The number of benzene rings is 1. The highest BCUT2D eigenvalue weighted by Crippen LogP contribution is 2.25. The zero-order valence-electron chi connectivity index (χ0n) is 10.6. The van der Waals surface area contributed by atoms with Crippen LogP contribution in [-0.4, -0.2) is 25.8 Å². The predicted octanol–water partition coefficient (Wildman–Crippen LogP) is 2.66. The van der Waals surface area contributed by atoms with E-state index in [0.29, 0.717) is 6.04 Å². The van der Waals surface area contributed by atoms with Gasteiger partial charge in [0.25, 0.3) is 0 Å². The maximum atomic E-state index is 5.73. The van der Waals surface area contributed by atoms with Gasteiger partial charge in [-0.25, -0.2) is 0 Å². The number of hydrogen-bond acceptors (Lipinski definition) is 3. The minimum Gasteiger partial charge on any atom is -0.399 e. The lowest BCUT2D eigenvalue weighted by molar-refractivity contribution is 0.123. The smallest absolute Gasteiger partial charge is 0.0669 e. The molecule has 0 bridgehead atoms. The number of nitrogen functional groups attached to an aromatic ring is 1. The fraction of sp³-hybridized carbons (Fsp3) is 0.571. The van der Waals surface area contributed by atoms with Crippen molar-refractivity contribution in [2.45, 2.75) is 32.2 Å². The second-order valence-electron chi connectivity index (χ2n) is 4.59. The summed E-state index contributed by atoms with van der Waals surface area (Å²) in [5.41, 5.74) is 7.82. The van der Waals surface area contributed by atoms with Gasteiger partial charge >= 0.3 is 0 Å². The van der Waals surface area contributed by atoms with Crippen LogP contribution in [0.2, 0.25) is 0 Å². The Labute approximate surface area is 104 Å². The first kappa shape index (κ1) is 12.2. The Bertz CT molecular complexity index is 337. The molecule has 1 aliphatic rings. The average Bonchev–Trinajstić information content (AvgIpc) is 2.38. The van der Waals surface area contributed by atoms with Crippen molar-refractivity contribution in [3.63, 3.8) is 0 Å². The fourth-order valence-electron chi connectivity index (χ4n) is 2.43. The number of hydrogen-bond donors (Lipinski definition) is 1. The summed E-state index contributed by atoms with van der Waals surface area (Å²) in [6, 6.07) is 8.69. The molecule has 0 aromatic heterocycles. The summed E-state index contributed by atoms with van der Waals surface area (Å²) in [6.07, 6.45) is 3.81. The molecule has 1 aromatic carbocycles. The molecule has 1 unspecified atom stereocenters. The molecule has 0 spiro atoms. The Morgan fingerprint density at radius 2 is 2.06 bits per heavy atom. The van der Waals surface area contributed by atoms with Gasteiger partial charge in [0.05, 0.1) is 12.6 Å². The van der Waals surface area contributed by atoms with E-state index in [1.807, 2.05) is 12.1 Å². The summed E-state index contributed by atoms with van der Waals surface area (Å²) in [5, 5.41) is 0. The molecule has 0 aliphatic carbocycles. The molecule has 94 valence electrons. The van der Waals surface area contributed by atoms with Gasteiger partial charge in [-0.3, -0.25) is 0 Å². The van der Waals surface area contributed by atoms with Crippen molar-refractivity contribution in [2.75, 3.05) is 30.4 Å². The van der Waals surface area contributed by atoms with Crippen LogP contribution in [0.15, 0.2) is 24.3 Å². The van der Waals surface area contributed by atoms with Gasteiger partial charge in [0.15, 0.2) is 0 Å². The highest BCUT2D eigenvalue weighted by molar-refractivity contribution is 5.54. The van der Waals surface area contributed by atoms with Crippen LogP contribution >= 0.6 is 0 Å². The third-order valence-electron chi connectivity index (χ3n) is 3.37. The van der Waals surface area contributed by atoms with Gasteiger partial charge in [0.1, 0.15) is 0 Å². The minimum atomic E-state index is 0.521. The van der Waals surface area contributed by atoms with Crippen molar-refractivity contribution in [1.82, 2.24) is 0 Å². The van der Waals surface area contributed by atoms with Crippen LogP contribution in [-0.2, 0) is 4.74 Å². The van der Waals surface area contributed by atoms with Crippen molar-refractivity contribution < 1.29 is 4.74 Å². The Balaban J connectivity index is 2.07. The monoisotopic (exact) mass is 234 g/mol. The lowest BCUT2D eigenvalue weighted by atomic mass is 10.0. The zero-order chi connectivity index (χ0) is 12.1. The number of ether oxygens (including phenoxy) is 1. The highest BCUT2D eigenvalue weighted by Gasteiger charge is 2.22. The van der Waals surface area contributed by atoms with Crippen LogP contribution in [0, 0.1) is 0 Å². The number of nitrogens with zero attached hydrogens (tertiary/aromatic N) is 1. The van der Waals surface area contributed by atoms with Gasteiger partial charge in [-0.1, -0.05) is 0 Å². The SMILES string of the molecule is CCOCC1CCCCN1c1ccc(N)cc1. The minimum absolute atomic E-state index is 0.521. The summed E-state index contributed by atoms with van der Waals surface area (Å²) >= 11 is 0. The van der Waals surface area contributed by atoms with E-state index in [2.05, 4.69) is 24.0 Å². The zero-order valence-corrected chi connectivity index (χ0v) is 10.6. The van der Waals surface area contributed by atoms with E-state index in [0.717, 1.165) is 25.4 Å². The lowest BCUT2D eigenvalue weighted by Gasteiger charge is -2.37. The molecule has 0 amide bonds. The molecular formula is C14H22N2O. The molecule has 3 heteroatoms. The van der Waals surface area contributed by atoms with Gasteiger partial charge in [-0.05, 0) is 50.5 Å². The molecular weight excluding hydrogens is 212 g/mol. The fourth-order valence-corrected chi connectivity index (χ4v) is 2.43. The third kappa shape index (κ3) is 3.13. The molecule has 1 aliphatic heterocycles. The topological polar surface area (TPSA) is 38.5 Å². The molecule has 3 nitrogen and oxygen atoms in total. The van der Waals surface area contributed by atoms with Crippen LogP contribution in [0.4, 0.5) is 11.4 Å². The van der Waals surface area contributed by atoms with E-state index in [1.165, 1.54) is 24.9 Å². The molecule has 0 radical (unpaired) electrons. The molecule has 1 saturated heterocycles. The van der Waals surface area contributed by atoms with Crippen molar-refractivity contribution >= 4 is 11.4 Å². The van der Waals surface area contributed by atoms with E-state index < -0.39 is 0 Å². The first-order valence-electron chi connectivity index (χ1n) is 6.51. The van der Waals surface area contributed by atoms with Gasteiger partial charge in [-0.2, -0.15) is 0 Å². The van der Waals surface area contributed by atoms with E-state index in [9.17, 15) is 0 Å². The maximum Gasteiger partial charge on any atom is 0.0669 e. The molecule has 2 N–H and O–H groups in total. The summed E-state index contributed by atoms with van der Waals surface area (Å²) in [4.78, 5) is 2.46. The predicted molar refractivity (Wildman–Crippen MR) is 72.3 cm³/mol. The first-order valence-corrected chi connectivity index (χ1v) is 6.51. The summed E-state index contributed by atoms with van der Waals surface area (Å²) in [7, 11) is 0. The van der Waals surface area contributed by atoms with Crippen molar-refractivity contribution in [3.05, 3.63) is 24.3 Å². The van der Waals surface area contributed by atoms with Gasteiger partial charge < -0.3 is 15.4 Å². The second-order valence-corrected chi connectivity index (χ2v) is 4.59. The molecule has 1 atom stereocenters. The summed E-state index contributed by atoms with van der Waals surface area (Å²) < 4.78 is 5.58. The van der Waals surface area contributed by atoms with Crippen LogP contribution in [0.1, 0.15) is 26.2 Å². The van der Waals surface area contributed by atoms with Crippen molar-refractivity contribution in [3.8, 4) is 0 Å². The van der Waals surface area contributed by atoms with E-state index in [4.69, 9.17) is 10.5 Å². The molecule has 1 aromatic rings. The lowest BCUT2D eigenvalue weighted by Crippen LogP contribution is -2.42. The average molecular weight is 234 g/mol. The first-order chi connectivity index (χ1) is 8.31. The van der Waals surface area contributed by atoms with Crippen LogP contribution in [0.3, 0.4) is 0 Å². The standard InChI is InChI=1S/C14H22N2O/c1-2-17-11-14-5-3-4-10-16(14)13-8-6-12(15)7-9-13/h6-9,14H,2-5,10-11,15H2,1H3. The van der Waals surface area contributed by atoms with Gasteiger partial charge in [0.2, 0.25) is 0 Å². The Morgan fingerprint density at radius 3 is 2.76 bits per heavy atom. The summed E-state index contributed by atoms with van der Waals surface area (Å²) in [5.74, 6) is 0. The normalized spacial score (nSPS) is 20.5. The van der Waals surface area contributed by atoms with E-state index in [1.54, 1.807) is 0 Å². The van der Waals surface area contributed by atoms with Gasteiger partial charge in [-0.15, -0.1) is 0 Å². The molecule has 0 saturated carbocycles. The van der Waals surface area contributed by atoms with E-state index >= 15 is 0 Å². The molecule has 2 rings (SSSR count). The largest absolute Gasteiger partial charge is 0.399 e. The number of rotatable bonds is 4. The number of anilines is 2. The number of piperidine rings is 1.